The summed E-state index contributed by atoms with van der Waals surface area (Å²) in [7, 11) is 1.27. The highest BCUT2D eigenvalue weighted by molar-refractivity contribution is 5.88. The number of rotatable bonds is 4. The van der Waals surface area contributed by atoms with Crippen LogP contribution in [0.2, 0.25) is 0 Å². The van der Waals surface area contributed by atoms with Crippen molar-refractivity contribution in [3.8, 4) is 0 Å². The smallest absolute Gasteiger partial charge is 0.335 e. The third-order valence-electron chi connectivity index (χ3n) is 1.41. The van der Waals surface area contributed by atoms with Crippen molar-refractivity contribution in [1.29, 1.82) is 0 Å². The largest absolute Gasteiger partial charge is 0.466 e. The van der Waals surface area contributed by atoms with Gasteiger partial charge in [0.1, 0.15) is 0 Å². The van der Waals surface area contributed by atoms with Crippen molar-refractivity contribution in [2.24, 2.45) is 0 Å². The second-order valence-electron chi connectivity index (χ2n) is 2.32. The number of carbonyl (C=O) groups excluding carboxylic acids is 1. The molecule has 0 aromatic rings. The molecule has 0 amide bonds. The molecule has 3 heteroatoms. The van der Waals surface area contributed by atoms with E-state index in [1.165, 1.54) is 7.11 Å². The summed E-state index contributed by atoms with van der Waals surface area (Å²) < 4.78 is 4.38. The monoisotopic (exact) mass is 158 g/mol. The Kier molecular flexibility index (Phi) is 4.54. The molecule has 0 saturated carbocycles. The maximum absolute atomic E-state index is 10.7. The van der Waals surface area contributed by atoms with E-state index in [4.69, 9.17) is 0 Å². The third kappa shape index (κ3) is 3.18. The molecule has 0 unspecified atom stereocenters. The van der Waals surface area contributed by atoms with Gasteiger partial charge in [-0.25, -0.2) is 4.79 Å². The molecule has 1 N–H and O–H groups in total. The van der Waals surface area contributed by atoms with Gasteiger partial charge in [-0.2, -0.15) is 0 Å². The molecule has 0 aromatic heterocycles. The van der Waals surface area contributed by atoms with Crippen molar-refractivity contribution in [2.45, 2.75) is 25.9 Å². The number of methoxy groups -OCH3 is 1. The molecule has 0 fully saturated rings. The fraction of sp³-hybridized carbons (Fsp3) is 0.625. The topological polar surface area (TPSA) is 46.5 Å². The summed E-state index contributed by atoms with van der Waals surface area (Å²) in [6.45, 7) is 5.34. The van der Waals surface area contributed by atoms with Gasteiger partial charge in [0, 0.05) is 0 Å². The van der Waals surface area contributed by atoms with Crippen LogP contribution >= 0.6 is 0 Å². The van der Waals surface area contributed by atoms with E-state index in [0.717, 1.165) is 6.42 Å². The van der Waals surface area contributed by atoms with Crippen molar-refractivity contribution in [3.63, 3.8) is 0 Å². The highest BCUT2D eigenvalue weighted by atomic mass is 16.5. The van der Waals surface area contributed by atoms with Crippen LogP contribution in [0.5, 0.6) is 0 Å². The van der Waals surface area contributed by atoms with Crippen LogP contribution in [0.4, 0.5) is 0 Å². The summed E-state index contributed by atoms with van der Waals surface area (Å²) in [5, 5.41) is 9.22. The summed E-state index contributed by atoms with van der Waals surface area (Å²) in [5.41, 5.74) is 0.134. The first-order valence-electron chi connectivity index (χ1n) is 3.58. The first-order valence-corrected chi connectivity index (χ1v) is 3.58. The lowest BCUT2D eigenvalue weighted by Gasteiger charge is -2.09. The van der Waals surface area contributed by atoms with E-state index >= 15 is 0 Å². The highest BCUT2D eigenvalue weighted by Crippen LogP contribution is 2.07. The summed E-state index contributed by atoms with van der Waals surface area (Å²) in [6, 6.07) is 0. The summed E-state index contributed by atoms with van der Waals surface area (Å²) >= 11 is 0. The van der Waals surface area contributed by atoms with E-state index in [9.17, 15) is 9.90 Å². The molecule has 11 heavy (non-hydrogen) atoms. The molecule has 64 valence electrons. The predicted octanol–water partition coefficient (Wildman–Crippen LogP) is 0.877. The minimum Gasteiger partial charge on any atom is -0.466 e. The maximum atomic E-state index is 10.7. The molecular formula is C8H14O3. The molecular weight excluding hydrogens is 144 g/mol. The van der Waals surface area contributed by atoms with Gasteiger partial charge in [0.2, 0.25) is 0 Å². The lowest BCUT2D eigenvalue weighted by Crippen LogP contribution is -2.17. The molecule has 1 atom stereocenters. The Morgan fingerprint density at radius 1 is 1.73 bits per heavy atom. The summed E-state index contributed by atoms with van der Waals surface area (Å²) in [5.74, 6) is -0.536. The lowest BCUT2D eigenvalue weighted by atomic mass is 10.1. The summed E-state index contributed by atoms with van der Waals surface area (Å²) in [4.78, 5) is 10.7. The van der Waals surface area contributed by atoms with Crippen LogP contribution < -0.4 is 0 Å². The summed E-state index contributed by atoms with van der Waals surface area (Å²) in [6.07, 6.45) is 0.609. The van der Waals surface area contributed by atoms with E-state index in [-0.39, 0.29) is 5.57 Å². The van der Waals surface area contributed by atoms with Gasteiger partial charge in [0.15, 0.2) is 0 Å². The number of hydrogen-bond donors (Lipinski definition) is 1. The SMILES string of the molecule is C=C(C(=O)OC)[C@H](O)CCC. The van der Waals surface area contributed by atoms with Crippen LogP contribution in [0.3, 0.4) is 0 Å². The Balaban J connectivity index is 3.91. The highest BCUT2D eigenvalue weighted by Gasteiger charge is 2.15. The van der Waals surface area contributed by atoms with Crippen LogP contribution in [0.1, 0.15) is 19.8 Å². The quantitative estimate of drug-likeness (QED) is 0.488. The third-order valence-corrected chi connectivity index (χ3v) is 1.41. The molecule has 3 nitrogen and oxygen atoms in total. The average molecular weight is 158 g/mol. The zero-order valence-corrected chi connectivity index (χ0v) is 6.96. The molecule has 0 saturated heterocycles. The zero-order chi connectivity index (χ0) is 8.85. The minimum atomic E-state index is -0.757. The van der Waals surface area contributed by atoms with Crippen LogP contribution in [0.25, 0.3) is 0 Å². The first kappa shape index (κ1) is 10.2. The Labute approximate surface area is 66.7 Å². The van der Waals surface area contributed by atoms with E-state index < -0.39 is 12.1 Å². The minimum absolute atomic E-state index is 0.134. The van der Waals surface area contributed by atoms with Crippen LogP contribution in [-0.2, 0) is 9.53 Å². The normalized spacial score (nSPS) is 12.3. The van der Waals surface area contributed by atoms with Gasteiger partial charge < -0.3 is 9.84 Å². The van der Waals surface area contributed by atoms with Crippen molar-refractivity contribution in [1.82, 2.24) is 0 Å². The van der Waals surface area contributed by atoms with Crippen LogP contribution in [-0.4, -0.2) is 24.3 Å². The Morgan fingerprint density at radius 3 is 2.64 bits per heavy atom. The van der Waals surface area contributed by atoms with Crippen molar-refractivity contribution >= 4 is 5.97 Å². The molecule has 0 radical (unpaired) electrons. The fourth-order valence-corrected chi connectivity index (χ4v) is 0.715. The molecule has 0 spiro atoms. The molecule has 0 rings (SSSR count). The fourth-order valence-electron chi connectivity index (χ4n) is 0.715. The van der Waals surface area contributed by atoms with Gasteiger partial charge in [-0.1, -0.05) is 19.9 Å². The van der Waals surface area contributed by atoms with Gasteiger partial charge in [-0.3, -0.25) is 0 Å². The van der Waals surface area contributed by atoms with Gasteiger partial charge >= 0.3 is 5.97 Å². The van der Waals surface area contributed by atoms with Crippen molar-refractivity contribution in [3.05, 3.63) is 12.2 Å². The number of hydrogen-bond acceptors (Lipinski definition) is 3. The number of esters is 1. The van der Waals surface area contributed by atoms with E-state index in [1.54, 1.807) is 0 Å². The van der Waals surface area contributed by atoms with Crippen molar-refractivity contribution < 1.29 is 14.6 Å². The van der Waals surface area contributed by atoms with Crippen LogP contribution in [0, 0.1) is 0 Å². The van der Waals surface area contributed by atoms with Gasteiger partial charge in [0.25, 0.3) is 0 Å². The Morgan fingerprint density at radius 2 is 2.27 bits per heavy atom. The first-order chi connectivity index (χ1) is 5.13. The Hall–Kier alpha value is -0.830. The Bertz CT molecular complexity index is 151. The number of ether oxygens (including phenoxy) is 1. The van der Waals surface area contributed by atoms with Gasteiger partial charge in [-0.15, -0.1) is 0 Å². The number of carbonyl (C=O) groups is 1. The standard InChI is InChI=1S/C8H14O3/c1-4-5-7(9)6(2)8(10)11-3/h7,9H,2,4-5H2,1,3H3/t7-/m1/s1. The lowest BCUT2D eigenvalue weighted by molar-refractivity contribution is -0.137. The molecule has 0 aliphatic heterocycles. The molecule has 0 aromatic carbocycles. The second kappa shape index (κ2) is 4.91. The molecule has 0 aliphatic rings. The van der Waals surface area contributed by atoms with Crippen molar-refractivity contribution in [2.75, 3.05) is 7.11 Å². The van der Waals surface area contributed by atoms with Gasteiger partial charge in [-0.05, 0) is 6.42 Å². The zero-order valence-electron chi connectivity index (χ0n) is 6.96. The van der Waals surface area contributed by atoms with E-state index in [0.29, 0.717) is 6.42 Å². The number of aliphatic hydroxyl groups excluding tert-OH is 1. The van der Waals surface area contributed by atoms with E-state index in [2.05, 4.69) is 11.3 Å². The molecule has 0 heterocycles. The second-order valence-corrected chi connectivity index (χ2v) is 2.32. The number of aliphatic hydroxyl groups is 1. The van der Waals surface area contributed by atoms with Crippen LogP contribution in [0.15, 0.2) is 12.2 Å². The molecule has 0 aliphatic carbocycles. The average Bonchev–Trinajstić information content (AvgIpc) is 2.02. The van der Waals surface area contributed by atoms with Gasteiger partial charge in [0.05, 0.1) is 18.8 Å². The van der Waals surface area contributed by atoms with E-state index in [1.807, 2.05) is 6.92 Å². The predicted molar refractivity (Wildman–Crippen MR) is 42.1 cm³/mol. The molecule has 0 bridgehead atoms. The maximum Gasteiger partial charge on any atom is 0.335 e.